The normalized spacial score (nSPS) is 32.1. The Bertz CT molecular complexity index is 353. The van der Waals surface area contributed by atoms with Crippen LogP contribution in [-0.2, 0) is 14.3 Å². The molecule has 2 aliphatic heterocycles. The van der Waals surface area contributed by atoms with Crippen molar-refractivity contribution in [3.05, 3.63) is 12.2 Å². The molecule has 2 atom stereocenters. The van der Waals surface area contributed by atoms with Crippen LogP contribution in [0, 0.1) is 0 Å². The molecule has 0 amide bonds. The second-order valence-electron chi connectivity index (χ2n) is 3.82. The van der Waals surface area contributed by atoms with Crippen molar-refractivity contribution in [2.45, 2.75) is 31.2 Å². The second kappa shape index (κ2) is 4.59. The van der Waals surface area contributed by atoms with Gasteiger partial charge >= 0.3 is 5.97 Å². The van der Waals surface area contributed by atoms with Gasteiger partial charge in [0.15, 0.2) is 0 Å². The molecule has 0 N–H and O–H groups in total. The predicted octanol–water partition coefficient (Wildman–Crippen LogP) is 1.76. The maximum Gasteiger partial charge on any atom is 0.302 e. The molecule has 0 fully saturated rings. The van der Waals surface area contributed by atoms with Gasteiger partial charge in [-0.15, -0.1) is 0 Å². The van der Waals surface area contributed by atoms with Crippen LogP contribution in [0.1, 0.15) is 20.3 Å². The first kappa shape index (κ1) is 11.7. The van der Waals surface area contributed by atoms with E-state index in [9.17, 15) is 4.79 Å². The van der Waals surface area contributed by atoms with Gasteiger partial charge in [-0.3, -0.25) is 9.79 Å². The summed E-state index contributed by atoms with van der Waals surface area (Å²) in [5.41, 5.74) is -0.549. The number of thioether (sulfide) groups is 1. The molecule has 0 bridgehead atoms. The van der Waals surface area contributed by atoms with E-state index in [0.717, 1.165) is 11.5 Å². The lowest BCUT2D eigenvalue weighted by Gasteiger charge is -2.31. The second-order valence-corrected chi connectivity index (χ2v) is 4.95. The number of ether oxygens (including phenoxy) is 2. The molecule has 5 heteroatoms. The Morgan fingerprint density at radius 3 is 3.31 bits per heavy atom. The molecule has 0 saturated heterocycles. The number of rotatable bonds is 3. The van der Waals surface area contributed by atoms with Gasteiger partial charge < -0.3 is 9.47 Å². The van der Waals surface area contributed by atoms with Crippen LogP contribution < -0.4 is 0 Å². The third-order valence-electron chi connectivity index (χ3n) is 2.54. The SMILES string of the molecule is CCC1=NC2(COC(C)=O)C=CCOC2S1. The molecule has 4 nitrogen and oxygen atoms in total. The smallest absolute Gasteiger partial charge is 0.302 e. The average molecular weight is 241 g/mol. The molecule has 2 rings (SSSR count). The lowest BCUT2D eigenvalue weighted by atomic mass is 10.0. The quantitative estimate of drug-likeness (QED) is 0.558. The van der Waals surface area contributed by atoms with Crippen LogP contribution in [0.5, 0.6) is 0 Å². The summed E-state index contributed by atoms with van der Waals surface area (Å²) in [6, 6.07) is 0. The Hall–Kier alpha value is -0.810. The van der Waals surface area contributed by atoms with Gasteiger partial charge in [0, 0.05) is 6.92 Å². The van der Waals surface area contributed by atoms with Crippen LogP contribution in [-0.4, -0.2) is 35.2 Å². The highest BCUT2D eigenvalue weighted by atomic mass is 32.2. The molecule has 0 radical (unpaired) electrons. The molecule has 2 aliphatic rings. The molecule has 0 aromatic carbocycles. The molecule has 0 spiro atoms. The summed E-state index contributed by atoms with van der Waals surface area (Å²) in [6.07, 6.45) is 4.82. The van der Waals surface area contributed by atoms with Gasteiger partial charge in [-0.25, -0.2) is 0 Å². The third kappa shape index (κ3) is 2.15. The lowest BCUT2D eigenvalue weighted by molar-refractivity contribution is -0.143. The van der Waals surface area contributed by atoms with E-state index < -0.39 is 5.54 Å². The van der Waals surface area contributed by atoms with Crippen LogP contribution in [0.2, 0.25) is 0 Å². The summed E-state index contributed by atoms with van der Waals surface area (Å²) < 4.78 is 10.7. The van der Waals surface area contributed by atoms with Crippen molar-refractivity contribution < 1.29 is 14.3 Å². The first-order chi connectivity index (χ1) is 7.66. The highest BCUT2D eigenvalue weighted by Crippen LogP contribution is 2.40. The summed E-state index contributed by atoms with van der Waals surface area (Å²) in [6.45, 7) is 4.34. The zero-order chi connectivity index (χ0) is 11.6. The van der Waals surface area contributed by atoms with Crippen molar-refractivity contribution in [3.63, 3.8) is 0 Å². The minimum atomic E-state index is -0.500. The van der Waals surface area contributed by atoms with Crippen molar-refractivity contribution in [1.82, 2.24) is 0 Å². The van der Waals surface area contributed by atoms with E-state index in [1.54, 1.807) is 11.8 Å². The minimum absolute atomic E-state index is 0.0493. The van der Waals surface area contributed by atoms with E-state index >= 15 is 0 Å². The molecule has 0 saturated carbocycles. The molecule has 0 aliphatic carbocycles. The van der Waals surface area contributed by atoms with Gasteiger partial charge in [-0.1, -0.05) is 30.8 Å². The van der Waals surface area contributed by atoms with E-state index in [0.29, 0.717) is 6.61 Å². The zero-order valence-electron chi connectivity index (χ0n) is 9.43. The topological polar surface area (TPSA) is 47.9 Å². The fourth-order valence-electron chi connectivity index (χ4n) is 1.75. The lowest BCUT2D eigenvalue weighted by Crippen LogP contribution is -2.43. The number of carbonyl (C=O) groups is 1. The molecule has 88 valence electrons. The molecule has 2 heterocycles. The van der Waals surface area contributed by atoms with Crippen LogP contribution in [0.3, 0.4) is 0 Å². The van der Waals surface area contributed by atoms with E-state index in [1.165, 1.54) is 6.92 Å². The first-order valence-corrected chi connectivity index (χ1v) is 6.22. The van der Waals surface area contributed by atoms with Gasteiger partial charge in [0.25, 0.3) is 0 Å². The number of nitrogens with zero attached hydrogens (tertiary/aromatic N) is 1. The standard InChI is InChI=1S/C11H15NO3S/c1-3-9-12-11(7-15-8(2)13)5-4-6-14-10(11)16-9/h4-5,10H,3,6-7H2,1-2H3. The van der Waals surface area contributed by atoms with Crippen molar-refractivity contribution in [3.8, 4) is 0 Å². The Balaban J connectivity index is 2.17. The van der Waals surface area contributed by atoms with Crippen LogP contribution in [0.25, 0.3) is 0 Å². The molecule has 2 unspecified atom stereocenters. The van der Waals surface area contributed by atoms with E-state index in [2.05, 4.69) is 11.9 Å². The van der Waals surface area contributed by atoms with E-state index in [-0.39, 0.29) is 18.0 Å². The van der Waals surface area contributed by atoms with Gasteiger partial charge in [0.1, 0.15) is 17.6 Å². The average Bonchev–Trinajstić information content (AvgIpc) is 2.65. The molecular formula is C11H15NO3S. The number of esters is 1. The molecule has 0 aromatic rings. The van der Waals surface area contributed by atoms with Crippen molar-refractivity contribution in [2.24, 2.45) is 4.99 Å². The van der Waals surface area contributed by atoms with Crippen molar-refractivity contribution in [1.29, 1.82) is 0 Å². The number of aliphatic imine (C=N–C) groups is 1. The van der Waals surface area contributed by atoms with Gasteiger partial charge in [0.05, 0.1) is 11.7 Å². The number of hydrogen-bond donors (Lipinski definition) is 0. The van der Waals surface area contributed by atoms with Crippen molar-refractivity contribution in [2.75, 3.05) is 13.2 Å². The highest BCUT2D eigenvalue weighted by molar-refractivity contribution is 8.14. The van der Waals surface area contributed by atoms with Gasteiger partial charge in [-0.2, -0.15) is 0 Å². The fraction of sp³-hybridized carbons (Fsp3) is 0.636. The molecule has 0 aromatic heterocycles. The van der Waals surface area contributed by atoms with E-state index in [1.807, 2.05) is 12.2 Å². The Morgan fingerprint density at radius 2 is 2.62 bits per heavy atom. The first-order valence-electron chi connectivity index (χ1n) is 5.34. The Labute approximate surface area is 99.1 Å². The summed E-state index contributed by atoms with van der Waals surface area (Å²) in [7, 11) is 0. The molecular weight excluding hydrogens is 226 g/mol. The minimum Gasteiger partial charge on any atom is -0.463 e. The Kier molecular flexibility index (Phi) is 3.35. The van der Waals surface area contributed by atoms with Crippen LogP contribution in [0.15, 0.2) is 17.1 Å². The maximum absolute atomic E-state index is 10.9. The Morgan fingerprint density at radius 1 is 1.81 bits per heavy atom. The summed E-state index contributed by atoms with van der Waals surface area (Å²) in [5.74, 6) is -0.280. The maximum atomic E-state index is 10.9. The van der Waals surface area contributed by atoms with Gasteiger partial charge in [-0.05, 0) is 6.42 Å². The third-order valence-corrected chi connectivity index (χ3v) is 3.95. The fourth-order valence-corrected chi connectivity index (χ4v) is 2.94. The van der Waals surface area contributed by atoms with E-state index in [4.69, 9.17) is 9.47 Å². The highest BCUT2D eigenvalue weighted by Gasteiger charge is 2.46. The zero-order valence-corrected chi connectivity index (χ0v) is 10.3. The molecule has 16 heavy (non-hydrogen) atoms. The summed E-state index contributed by atoms with van der Waals surface area (Å²) in [5, 5.41) is 1.06. The summed E-state index contributed by atoms with van der Waals surface area (Å²) >= 11 is 1.63. The van der Waals surface area contributed by atoms with Crippen LogP contribution in [0.4, 0.5) is 0 Å². The monoisotopic (exact) mass is 241 g/mol. The number of hydrogen-bond acceptors (Lipinski definition) is 5. The predicted molar refractivity (Wildman–Crippen MR) is 63.6 cm³/mol. The number of fused-ring (bicyclic) bond motifs is 1. The number of carbonyl (C=O) groups excluding carboxylic acids is 1. The van der Waals surface area contributed by atoms with Gasteiger partial charge in [0.2, 0.25) is 0 Å². The largest absolute Gasteiger partial charge is 0.463 e. The summed E-state index contributed by atoms with van der Waals surface area (Å²) in [4.78, 5) is 15.5. The van der Waals surface area contributed by atoms with Crippen LogP contribution >= 0.6 is 11.8 Å². The van der Waals surface area contributed by atoms with Crippen molar-refractivity contribution >= 4 is 22.8 Å².